The normalized spacial score (nSPS) is 18.7. The van der Waals surface area contributed by atoms with Crippen LogP contribution in [0.5, 0.6) is 0 Å². The molecule has 1 N–H and O–H groups in total. The van der Waals surface area contributed by atoms with Crippen LogP contribution in [0.25, 0.3) is 0 Å². The molecule has 10 heteroatoms. The first-order chi connectivity index (χ1) is 17.0. The van der Waals surface area contributed by atoms with Gasteiger partial charge in [-0.25, -0.2) is 0 Å². The Labute approximate surface area is 206 Å². The molecule has 1 heterocycles. The highest BCUT2D eigenvalue weighted by Crippen LogP contribution is 2.36. The monoisotopic (exact) mass is 513 g/mol. The van der Waals surface area contributed by atoms with E-state index in [4.69, 9.17) is 0 Å². The van der Waals surface area contributed by atoms with E-state index in [1.165, 1.54) is 19.3 Å². The molecule has 1 atom stereocenters. The quantitative estimate of drug-likeness (QED) is 0.474. The van der Waals surface area contributed by atoms with Crippen LogP contribution in [0.1, 0.15) is 47.6 Å². The van der Waals surface area contributed by atoms with Crippen molar-refractivity contribution in [3.8, 4) is 0 Å². The van der Waals surface area contributed by atoms with Crippen LogP contribution in [0.4, 0.5) is 26.3 Å². The highest BCUT2D eigenvalue weighted by molar-refractivity contribution is 5.83. The SMILES string of the molecule is O=C(NCc1cc(C(F)(F)F)cc(C(F)(F)F)c1)C(c1ccccc1)N1CCN(CCC2CC2)CC1. The summed E-state index contributed by atoms with van der Waals surface area (Å²) in [6, 6.07) is 9.69. The van der Waals surface area contributed by atoms with E-state index in [1.54, 1.807) is 24.3 Å². The Bertz CT molecular complexity index is 996. The second-order valence-electron chi connectivity index (χ2n) is 9.55. The molecule has 36 heavy (non-hydrogen) atoms. The van der Waals surface area contributed by atoms with Gasteiger partial charge in [-0.2, -0.15) is 26.3 Å². The first-order valence-corrected chi connectivity index (χ1v) is 12.1. The molecule has 196 valence electrons. The molecule has 1 unspecified atom stereocenters. The Hall–Kier alpha value is -2.59. The standard InChI is InChI=1S/C26H29F6N3O/c27-25(28,29)21-14-19(15-22(16-21)26(30,31)32)17-33-24(36)23(20-4-2-1-3-5-20)35-12-10-34(11-13-35)9-8-18-6-7-18/h1-5,14-16,18,23H,6-13,17H2,(H,33,36). The van der Waals surface area contributed by atoms with E-state index in [0.717, 1.165) is 31.1 Å². The van der Waals surface area contributed by atoms with Crippen molar-refractivity contribution in [3.05, 3.63) is 70.8 Å². The van der Waals surface area contributed by atoms with Crippen LogP contribution >= 0.6 is 0 Å². The van der Waals surface area contributed by atoms with Crippen molar-refractivity contribution in [2.24, 2.45) is 5.92 Å². The van der Waals surface area contributed by atoms with Crippen molar-refractivity contribution in [1.29, 1.82) is 0 Å². The third-order valence-electron chi connectivity index (χ3n) is 6.80. The van der Waals surface area contributed by atoms with Crippen LogP contribution in [0.15, 0.2) is 48.5 Å². The van der Waals surface area contributed by atoms with Gasteiger partial charge < -0.3 is 10.2 Å². The Morgan fingerprint density at radius 2 is 1.47 bits per heavy atom. The second kappa shape index (κ2) is 10.8. The van der Waals surface area contributed by atoms with Crippen LogP contribution in [-0.2, 0) is 23.7 Å². The van der Waals surface area contributed by atoms with Crippen molar-refractivity contribution in [1.82, 2.24) is 15.1 Å². The summed E-state index contributed by atoms with van der Waals surface area (Å²) < 4.78 is 79.2. The van der Waals surface area contributed by atoms with Crippen LogP contribution < -0.4 is 5.32 Å². The Balaban J connectivity index is 1.47. The Kier molecular flexibility index (Phi) is 7.94. The minimum absolute atomic E-state index is 0.0841. The molecule has 0 aromatic heterocycles. The molecule has 1 aliphatic carbocycles. The number of rotatable bonds is 8. The number of piperazine rings is 1. The number of nitrogens with zero attached hydrogens (tertiary/aromatic N) is 2. The lowest BCUT2D eigenvalue weighted by molar-refractivity contribution is -0.143. The van der Waals surface area contributed by atoms with E-state index in [9.17, 15) is 31.1 Å². The number of carbonyl (C=O) groups excluding carboxylic acids is 1. The highest BCUT2D eigenvalue weighted by Gasteiger charge is 2.37. The Morgan fingerprint density at radius 3 is 2.00 bits per heavy atom. The molecule has 4 rings (SSSR count). The summed E-state index contributed by atoms with van der Waals surface area (Å²) in [5.74, 6) is 0.373. The molecule has 0 bridgehead atoms. The van der Waals surface area contributed by atoms with Crippen molar-refractivity contribution < 1.29 is 31.1 Å². The number of hydrogen-bond acceptors (Lipinski definition) is 3. The number of carbonyl (C=O) groups is 1. The number of nitrogens with one attached hydrogen (secondary N) is 1. The minimum Gasteiger partial charge on any atom is -0.350 e. The molecule has 1 saturated heterocycles. The minimum atomic E-state index is -4.94. The van der Waals surface area contributed by atoms with Gasteiger partial charge in [0.25, 0.3) is 0 Å². The maximum absolute atomic E-state index is 13.3. The van der Waals surface area contributed by atoms with Crippen molar-refractivity contribution in [3.63, 3.8) is 0 Å². The van der Waals surface area contributed by atoms with Gasteiger partial charge >= 0.3 is 12.4 Å². The molecule has 4 nitrogen and oxygen atoms in total. The van der Waals surface area contributed by atoms with Gasteiger partial charge in [-0.1, -0.05) is 43.2 Å². The highest BCUT2D eigenvalue weighted by atomic mass is 19.4. The maximum atomic E-state index is 13.3. The summed E-state index contributed by atoms with van der Waals surface area (Å²) in [5, 5.41) is 2.58. The van der Waals surface area contributed by atoms with Gasteiger partial charge in [-0.05, 0) is 48.2 Å². The van der Waals surface area contributed by atoms with Gasteiger partial charge in [0.2, 0.25) is 5.91 Å². The zero-order chi connectivity index (χ0) is 25.9. The van der Waals surface area contributed by atoms with E-state index < -0.39 is 42.0 Å². The van der Waals surface area contributed by atoms with Gasteiger partial charge in [-0.15, -0.1) is 0 Å². The number of amides is 1. The van der Waals surface area contributed by atoms with E-state index >= 15 is 0 Å². The average Bonchev–Trinajstić information content (AvgIpc) is 3.66. The summed E-state index contributed by atoms with van der Waals surface area (Å²) in [4.78, 5) is 17.7. The van der Waals surface area contributed by atoms with Crippen LogP contribution in [0, 0.1) is 5.92 Å². The summed E-state index contributed by atoms with van der Waals surface area (Å²) in [5.41, 5.74) is -2.34. The smallest absolute Gasteiger partial charge is 0.350 e. The molecular weight excluding hydrogens is 484 g/mol. The van der Waals surface area contributed by atoms with Crippen molar-refractivity contribution >= 4 is 5.91 Å². The largest absolute Gasteiger partial charge is 0.416 e. The third-order valence-corrected chi connectivity index (χ3v) is 6.80. The molecule has 2 aliphatic rings. The average molecular weight is 514 g/mol. The van der Waals surface area contributed by atoms with Crippen molar-refractivity contribution in [2.45, 2.75) is 44.2 Å². The number of alkyl halides is 6. The molecule has 0 spiro atoms. The number of halogens is 6. The molecule has 0 radical (unpaired) electrons. The predicted octanol–water partition coefficient (Wildman–Crippen LogP) is 5.50. The molecular formula is C26H29F6N3O. The maximum Gasteiger partial charge on any atom is 0.416 e. The van der Waals surface area contributed by atoms with Crippen LogP contribution in [-0.4, -0.2) is 48.4 Å². The lowest BCUT2D eigenvalue weighted by Crippen LogP contribution is -2.51. The molecule has 1 amide bonds. The first-order valence-electron chi connectivity index (χ1n) is 12.1. The van der Waals surface area contributed by atoms with Gasteiger partial charge in [0, 0.05) is 32.7 Å². The fourth-order valence-electron chi connectivity index (χ4n) is 4.59. The molecule has 2 aromatic rings. The van der Waals surface area contributed by atoms with Gasteiger partial charge in [0.05, 0.1) is 11.1 Å². The zero-order valence-corrected chi connectivity index (χ0v) is 19.7. The summed E-state index contributed by atoms with van der Waals surface area (Å²) in [6.07, 6.45) is -6.10. The number of benzene rings is 2. The fourth-order valence-corrected chi connectivity index (χ4v) is 4.59. The Morgan fingerprint density at radius 1 is 0.889 bits per heavy atom. The fraction of sp³-hybridized carbons (Fsp3) is 0.500. The summed E-state index contributed by atoms with van der Waals surface area (Å²) in [7, 11) is 0. The molecule has 1 aliphatic heterocycles. The molecule has 2 fully saturated rings. The predicted molar refractivity (Wildman–Crippen MR) is 123 cm³/mol. The van der Waals surface area contributed by atoms with E-state index in [-0.39, 0.29) is 11.6 Å². The van der Waals surface area contributed by atoms with Crippen LogP contribution in [0.2, 0.25) is 0 Å². The molecule has 2 aromatic carbocycles. The number of hydrogen-bond donors (Lipinski definition) is 1. The zero-order valence-electron chi connectivity index (χ0n) is 19.7. The van der Waals surface area contributed by atoms with E-state index in [2.05, 4.69) is 10.2 Å². The van der Waals surface area contributed by atoms with Crippen molar-refractivity contribution in [2.75, 3.05) is 32.7 Å². The van der Waals surface area contributed by atoms with Gasteiger partial charge in [0.1, 0.15) is 6.04 Å². The first kappa shape index (κ1) is 26.5. The second-order valence-corrected chi connectivity index (χ2v) is 9.55. The van der Waals surface area contributed by atoms with E-state index in [0.29, 0.717) is 25.2 Å². The summed E-state index contributed by atoms with van der Waals surface area (Å²) in [6.45, 7) is 3.45. The lowest BCUT2D eigenvalue weighted by Gasteiger charge is -2.39. The van der Waals surface area contributed by atoms with Gasteiger partial charge in [0.15, 0.2) is 0 Å². The van der Waals surface area contributed by atoms with E-state index in [1.807, 2.05) is 11.0 Å². The third kappa shape index (κ3) is 7.00. The van der Waals surface area contributed by atoms with Crippen LogP contribution in [0.3, 0.4) is 0 Å². The lowest BCUT2D eigenvalue weighted by atomic mass is 10.0. The molecule has 1 saturated carbocycles. The topological polar surface area (TPSA) is 35.6 Å². The summed E-state index contributed by atoms with van der Waals surface area (Å²) >= 11 is 0. The van der Waals surface area contributed by atoms with Gasteiger partial charge in [-0.3, -0.25) is 9.69 Å².